The number of thiophene rings is 1. The van der Waals surface area contributed by atoms with E-state index in [1.165, 1.54) is 36.6 Å². The number of nitrogens with one attached hydrogen (secondary N) is 1. The van der Waals surface area contributed by atoms with E-state index in [1.807, 2.05) is 0 Å². The minimum atomic E-state index is -3.84. The number of nitrogens with two attached hydrogens (primary N) is 1. The van der Waals surface area contributed by atoms with Gasteiger partial charge in [-0.05, 0) is 29.6 Å². The Bertz CT molecular complexity index is 724. The third-order valence-electron chi connectivity index (χ3n) is 2.53. The van der Waals surface area contributed by atoms with Gasteiger partial charge in [-0.3, -0.25) is 4.79 Å². The van der Waals surface area contributed by atoms with E-state index in [0.717, 1.165) is 0 Å². The predicted octanol–water partition coefficient (Wildman–Crippen LogP) is 1.66. The number of carbonyl (C=O) groups is 1. The number of hydrogen-bond acceptors (Lipinski definition) is 5. The monoisotopic (exact) mass is 312 g/mol. The summed E-state index contributed by atoms with van der Waals surface area (Å²) in [4.78, 5) is 11.9. The van der Waals surface area contributed by atoms with Gasteiger partial charge in [-0.2, -0.15) is 11.3 Å². The highest BCUT2D eigenvalue weighted by Gasteiger charge is 2.14. The van der Waals surface area contributed by atoms with Crippen molar-refractivity contribution in [2.45, 2.75) is 4.90 Å². The molecular formula is C12H12N2O4S2. The van der Waals surface area contributed by atoms with Crippen LogP contribution >= 0.6 is 11.3 Å². The zero-order valence-electron chi connectivity index (χ0n) is 10.5. The first-order valence-electron chi connectivity index (χ1n) is 5.46. The van der Waals surface area contributed by atoms with Gasteiger partial charge in [0.05, 0.1) is 23.3 Å². The summed E-state index contributed by atoms with van der Waals surface area (Å²) in [6, 6.07) is 5.67. The highest BCUT2D eigenvalue weighted by molar-refractivity contribution is 7.89. The normalized spacial score (nSPS) is 11.1. The number of hydrogen-bond donors (Lipinski definition) is 2. The summed E-state index contributed by atoms with van der Waals surface area (Å²) in [6.07, 6.45) is 0. The standard InChI is InChI=1S/C12H12N2O4S2/c1-18-11-3-2-9(20(13,16)17)6-10(11)14-12(15)8-4-5-19-7-8/h2-7H,1H3,(H,14,15)(H2,13,16,17). The fraction of sp³-hybridized carbons (Fsp3) is 0.0833. The fourth-order valence-electron chi connectivity index (χ4n) is 1.55. The van der Waals surface area contributed by atoms with Crippen LogP contribution in [-0.2, 0) is 10.0 Å². The Labute approximate surface area is 120 Å². The molecule has 0 spiro atoms. The molecule has 0 atom stereocenters. The molecule has 1 aromatic carbocycles. The van der Waals surface area contributed by atoms with Gasteiger partial charge in [0.2, 0.25) is 10.0 Å². The number of anilines is 1. The Morgan fingerprint density at radius 3 is 2.65 bits per heavy atom. The maximum absolute atomic E-state index is 12.0. The average molecular weight is 312 g/mol. The van der Waals surface area contributed by atoms with Crippen molar-refractivity contribution in [3.8, 4) is 5.75 Å². The molecule has 106 valence electrons. The van der Waals surface area contributed by atoms with Crippen molar-refractivity contribution < 1.29 is 17.9 Å². The van der Waals surface area contributed by atoms with Gasteiger partial charge in [-0.1, -0.05) is 0 Å². The van der Waals surface area contributed by atoms with Gasteiger partial charge in [0.1, 0.15) is 5.75 Å². The number of amides is 1. The van der Waals surface area contributed by atoms with E-state index in [-0.39, 0.29) is 16.5 Å². The van der Waals surface area contributed by atoms with Gasteiger partial charge in [-0.25, -0.2) is 13.6 Å². The highest BCUT2D eigenvalue weighted by atomic mass is 32.2. The summed E-state index contributed by atoms with van der Waals surface area (Å²) < 4.78 is 27.7. The summed E-state index contributed by atoms with van der Waals surface area (Å²) in [5, 5.41) is 11.1. The van der Waals surface area contributed by atoms with Crippen molar-refractivity contribution in [2.75, 3.05) is 12.4 Å². The van der Waals surface area contributed by atoms with Crippen LogP contribution in [0.15, 0.2) is 39.9 Å². The second-order valence-corrected chi connectivity index (χ2v) is 6.21. The number of ether oxygens (including phenoxy) is 1. The van der Waals surface area contributed by atoms with Gasteiger partial charge >= 0.3 is 0 Å². The quantitative estimate of drug-likeness (QED) is 0.897. The second-order valence-electron chi connectivity index (χ2n) is 3.87. The first kappa shape index (κ1) is 14.5. The molecule has 0 aliphatic heterocycles. The first-order valence-corrected chi connectivity index (χ1v) is 7.95. The van der Waals surface area contributed by atoms with Crippen LogP contribution in [0.4, 0.5) is 5.69 Å². The molecule has 0 radical (unpaired) electrons. The smallest absolute Gasteiger partial charge is 0.256 e. The Hall–Kier alpha value is -1.90. The highest BCUT2D eigenvalue weighted by Crippen LogP contribution is 2.27. The van der Waals surface area contributed by atoms with Crippen molar-refractivity contribution in [3.63, 3.8) is 0 Å². The summed E-state index contributed by atoms with van der Waals surface area (Å²) in [5.74, 6) is -0.00269. The molecule has 0 bridgehead atoms. The van der Waals surface area contributed by atoms with E-state index in [1.54, 1.807) is 16.8 Å². The summed E-state index contributed by atoms with van der Waals surface area (Å²) in [5.41, 5.74) is 0.730. The number of benzene rings is 1. The van der Waals surface area contributed by atoms with E-state index >= 15 is 0 Å². The topological polar surface area (TPSA) is 98.5 Å². The van der Waals surface area contributed by atoms with Gasteiger partial charge in [-0.15, -0.1) is 0 Å². The van der Waals surface area contributed by atoms with Crippen LogP contribution in [0.2, 0.25) is 0 Å². The van der Waals surface area contributed by atoms with Gasteiger partial charge in [0.25, 0.3) is 5.91 Å². The third-order valence-corrected chi connectivity index (χ3v) is 4.13. The molecule has 0 unspecified atom stereocenters. The minimum absolute atomic E-state index is 0.0982. The molecule has 8 heteroatoms. The Morgan fingerprint density at radius 2 is 2.10 bits per heavy atom. The molecule has 0 saturated carbocycles. The molecule has 2 aromatic rings. The molecule has 1 amide bonds. The predicted molar refractivity (Wildman–Crippen MR) is 76.6 cm³/mol. The largest absolute Gasteiger partial charge is 0.495 e. The number of carbonyl (C=O) groups excluding carboxylic acids is 1. The molecule has 0 fully saturated rings. The van der Waals surface area contributed by atoms with Crippen LogP contribution in [0.5, 0.6) is 5.75 Å². The lowest BCUT2D eigenvalue weighted by molar-refractivity contribution is 0.102. The third kappa shape index (κ3) is 3.16. The zero-order chi connectivity index (χ0) is 14.8. The fourth-order valence-corrected chi connectivity index (χ4v) is 2.73. The second kappa shape index (κ2) is 5.61. The van der Waals surface area contributed by atoms with E-state index in [2.05, 4.69) is 5.32 Å². The maximum Gasteiger partial charge on any atom is 0.256 e. The Balaban J connectivity index is 2.37. The van der Waals surface area contributed by atoms with Crippen molar-refractivity contribution >= 4 is 33.0 Å². The summed E-state index contributed by atoms with van der Waals surface area (Å²) in [6.45, 7) is 0. The lowest BCUT2D eigenvalue weighted by Crippen LogP contribution is -2.15. The lowest BCUT2D eigenvalue weighted by Gasteiger charge is -2.11. The zero-order valence-corrected chi connectivity index (χ0v) is 12.1. The molecule has 6 nitrogen and oxygen atoms in total. The van der Waals surface area contributed by atoms with Crippen molar-refractivity contribution in [2.24, 2.45) is 5.14 Å². The lowest BCUT2D eigenvalue weighted by atomic mass is 10.2. The molecule has 0 aliphatic rings. The van der Waals surface area contributed by atoms with E-state index < -0.39 is 10.0 Å². The Kier molecular flexibility index (Phi) is 4.07. The van der Waals surface area contributed by atoms with Crippen molar-refractivity contribution in [1.82, 2.24) is 0 Å². The van der Waals surface area contributed by atoms with Gasteiger partial charge in [0, 0.05) is 5.38 Å². The number of rotatable bonds is 4. The number of primary sulfonamides is 1. The summed E-state index contributed by atoms with van der Waals surface area (Å²) >= 11 is 1.39. The van der Waals surface area contributed by atoms with Crippen LogP contribution in [0.1, 0.15) is 10.4 Å². The van der Waals surface area contributed by atoms with Crippen LogP contribution < -0.4 is 15.2 Å². The maximum atomic E-state index is 12.0. The molecular weight excluding hydrogens is 300 g/mol. The van der Waals surface area contributed by atoms with Gasteiger partial charge < -0.3 is 10.1 Å². The Morgan fingerprint density at radius 1 is 1.35 bits per heavy atom. The average Bonchev–Trinajstić information content (AvgIpc) is 2.91. The number of methoxy groups -OCH3 is 1. The molecule has 0 saturated heterocycles. The van der Waals surface area contributed by atoms with E-state index in [4.69, 9.17) is 9.88 Å². The van der Waals surface area contributed by atoms with Crippen LogP contribution in [0.3, 0.4) is 0 Å². The van der Waals surface area contributed by atoms with Crippen LogP contribution in [0.25, 0.3) is 0 Å². The van der Waals surface area contributed by atoms with E-state index in [9.17, 15) is 13.2 Å². The number of sulfonamides is 1. The first-order chi connectivity index (χ1) is 9.41. The van der Waals surface area contributed by atoms with Crippen LogP contribution in [0, 0.1) is 0 Å². The molecule has 0 aliphatic carbocycles. The molecule has 1 aromatic heterocycles. The molecule has 3 N–H and O–H groups in total. The summed E-state index contributed by atoms with van der Waals surface area (Å²) in [7, 11) is -2.42. The van der Waals surface area contributed by atoms with E-state index in [0.29, 0.717) is 11.3 Å². The van der Waals surface area contributed by atoms with Crippen molar-refractivity contribution in [3.05, 3.63) is 40.6 Å². The van der Waals surface area contributed by atoms with Crippen LogP contribution in [-0.4, -0.2) is 21.4 Å². The molecule has 2 rings (SSSR count). The minimum Gasteiger partial charge on any atom is -0.495 e. The molecule has 1 heterocycles. The molecule has 20 heavy (non-hydrogen) atoms. The SMILES string of the molecule is COc1ccc(S(N)(=O)=O)cc1NC(=O)c1ccsc1. The van der Waals surface area contributed by atoms with Crippen molar-refractivity contribution in [1.29, 1.82) is 0 Å². The van der Waals surface area contributed by atoms with Gasteiger partial charge in [0.15, 0.2) is 0 Å².